The Morgan fingerprint density at radius 2 is 1.13 bits per heavy atom. The minimum absolute atomic E-state index is 0.659. The Morgan fingerprint density at radius 1 is 0.442 bits per heavy atom. The molecule has 0 aliphatic carbocycles. The van der Waals surface area contributed by atoms with E-state index in [9.17, 15) is 0 Å². The van der Waals surface area contributed by atoms with Crippen LogP contribution in [0.2, 0.25) is 0 Å². The average molecular weight is 680 g/mol. The number of para-hydroxylation sites is 2. The second kappa shape index (κ2) is 11.5. The first-order valence-electron chi connectivity index (χ1n) is 17.6. The number of hydrogen-bond acceptors (Lipinski definition) is 3. The molecule has 0 saturated carbocycles. The normalized spacial score (nSPS) is 11.8. The van der Waals surface area contributed by atoms with Crippen molar-refractivity contribution in [1.82, 2.24) is 14.5 Å². The predicted octanol–water partition coefficient (Wildman–Crippen LogP) is 13.2. The number of fused-ring (bicyclic) bond motifs is 9. The van der Waals surface area contributed by atoms with Crippen LogP contribution in [0.25, 0.3) is 103 Å². The first-order valence-corrected chi connectivity index (χ1v) is 18.4. The second-order valence-electron chi connectivity index (χ2n) is 13.3. The van der Waals surface area contributed by atoms with Crippen LogP contribution in [0.3, 0.4) is 0 Å². The molecule has 0 fully saturated rings. The summed E-state index contributed by atoms with van der Waals surface area (Å²) in [6.45, 7) is 0. The van der Waals surface area contributed by atoms with Crippen molar-refractivity contribution < 1.29 is 0 Å². The highest BCUT2D eigenvalue weighted by Gasteiger charge is 2.22. The summed E-state index contributed by atoms with van der Waals surface area (Å²) in [5.74, 6) is 0.659. The van der Waals surface area contributed by atoms with Gasteiger partial charge < -0.3 is 0 Å². The van der Waals surface area contributed by atoms with Gasteiger partial charge in [0.25, 0.3) is 0 Å². The van der Waals surface area contributed by atoms with E-state index in [2.05, 4.69) is 180 Å². The van der Waals surface area contributed by atoms with Gasteiger partial charge in [-0.05, 0) is 46.2 Å². The van der Waals surface area contributed by atoms with Crippen molar-refractivity contribution in [2.24, 2.45) is 0 Å². The molecule has 0 radical (unpaired) electrons. The van der Waals surface area contributed by atoms with Crippen LogP contribution in [0.15, 0.2) is 176 Å². The highest BCUT2D eigenvalue weighted by molar-refractivity contribution is 7.26. The quantitative estimate of drug-likeness (QED) is 0.185. The Balaban J connectivity index is 1.27. The van der Waals surface area contributed by atoms with E-state index in [0.717, 1.165) is 38.8 Å². The third-order valence-electron chi connectivity index (χ3n) is 10.4. The van der Waals surface area contributed by atoms with Crippen molar-refractivity contribution in [2.75, 3.05) is 0 Å². The number of aromatic nitrogens is 3. The smallest absolute Gasteiger partial charge is 0.235 e. The fourth-order valence-electron chi connectivity index (χ4n) is 8.06. The summed E-state index contributed by atoms with van der Waals surface area (Å²) >= 11 is 1.88. The molecule has 0 atom stereocenters. The lowest BCUT2D eigenvalue weighted by Crippen LogP contribution is -2.04. The molecule has 3 aromatic heterocycles. The largest absolute Gasteiger partial charge is 0.277 e. The van der Waals surface area contributed by atoms with Crippen LogP contribution in [0.5, 0.6) is 0 Å². The van der Waals surface area contributed by atoms with E-state index in [1.165, 1.54) is 58.4 Å². The Labute approximate surface area is 303 Å². The molecule has 0 aliphatic heterocycles. The monoisotopic (exact) mass is 679 g/mol. The minimum atomic E-state index is 0.659. The van der Waals surface area contributed by atoms with Gasteiger partial charge in [-0.3, -0.25) is 4.57 Å². The van der Waals surface area contributed by atoms with E-state index >= 15 is 0 Å². The predicted molar refractivity (Wildman–Crippen MR) is 221 cm³/mol. The second-order valence-corrected chi connectivity index (χ2v) is 14.4. The van der Waals surface area contributed by atoms with Crippen molar-refractivity contribution >= 4 is 75.0 Å². The fraction of sp³-hybridized carbons (Fsp3) is 0. The minimum Gasteiger partial charge on any atom is -0.277 e. The molecular weight excluding hydrogens is 651 g/mol. The summed E-state index contributed by atoms with van der Waals surface area (Å²) in [5, 5.41) is 8.55. The Kier molecular flexibility index (Phi) is 6.42. The maximum Gasteiger partial charge on any atom is 0.235 e. The Morgan fingerprint density at radius 3 is 1.98 bits per heavy atom. The van der Waals surface area contributed by atoms with Crippen molar-refractivity contribution in [3.05, 3.63) is 176 Å². The molecule has 3 heterocycles. The number of nitrogens with zero attached hydrogens (tertiary/aromatic N) is 3. The van der Waals surface area contributed by atoms with Crippen LogP contribution in [-0.2, 0) is 0 Å². The molecule has 52 heavy (non-hydrogen) atoms. The van der Waals surface area contributed by atoms with Gasteiger partial charge in [0.2, 0.25) is 5.95 Å². The average Bonchev–Trinajstić information content (AvgIpc) is 3.77. The summed E-state index contributed by atoms with van der Waals surface area (Å²) in [6.07, 6.45) is 0. The Bertz CT molecular complexity index is 3180. The lowest BCUT2D eigenvalue weighted by molar-refractivity contribution is 1.01. The molecule has 0 spiro atoms. The van der Waals surface area contributed by atoms with E-state index in [0.29, 0.717) is 5.95 Å². The zero-order valence-electron chi connectivity index (χ0n) is 28.0. The van der Waals surface area contributed by atoms with Crippen LogP contribution in [-0.4, -0.2) is 14.5 Å². The van der Waals surface area contributed by atoms with Gasteiger partial charge in [-0.1, -0.05) is 152 Å². The van der Waals surface area contributed by atoms with Gasteiger partial charge in [0.15, 0.2) is 0 Å². The van der Waals surface area contributed by atoms with Gasteiger partial charge in [-0.2, -0.15) is 0 Å². The summed E-state index contributed by atoms with van der Waals surface area (Å²) in [5.41, 5.74) is 9.83. The molecule has 0 unspecified atom stereocenters. The molecule has 11 aromatic rings. The van der Waals surface area contributed by atoms with E-state index in [1.54, 1.807) is 0 Å². The molecule has 0 bridgehead atoms. The third kappa shape index (κ3) is 4.38. The number of hydrogen-bond donors (Lipinski definition) is 0. The van der Waals surface area contributed by atoms with Crippen molar-refractivity contribution in [3.63, 3.8) is 0 Å². The fourth-order valence-corrected chi connectivity index (χ4v) is 9.31. The molecule has 4 heteroatoms. The van der Waals surface area contributed by atoms with Crippen molar-refractivity contribution in [2.45, 2.75) is 0 Å². The van der Waals surface area contributed by atoms with Crippen molar-refractivity contribution in [1.29, 1.82) is 0 Å². The number of benzene rings is 8. The topological polar surface area (TPSA) is 30.7 Å². The van der Waals surface area contributed by atoms with Crippen LogP contribution in [0, 0.1) is 0 Å². The maximum atomic E-state index is 5.41. The van der Waals surface area contributed by atoms with E-state index in [-0.39, 0.29) is 0 Å². The molecule has 242 valence electrons. The zero-order valence-corrected chi connectivity index (χ0v) is 28.8. The van der Waals surface area contributed by atoms with Crippen LogP contribution in [0.1, 0.15) is 0 Å². The van der Waals surface area contributed by atoms with Gasteiger partial charge in [-0.25, -0.2) is 9.97 Å². The molecule has 11 rings (SSSR count). The lowest BCUT2D eigenvalue weighted by atomic mass is 9.98. The molecular formula is C48H29N3S. The molecule has 0 N–H and O–H groups in total. The molecule has 0 amide bonds. The summed E-state index contributed by atoms with van der Waals surface area (Å²) in [4.78, 5) is 10.7. The Hall–Kier alpha value is -6.62. The summed E-state index contributed by atoms with van der Waals surface area (Å²) < 4.78 is 4.88. The highest BCUT2D eigenvalue weighted by Crippen LogP contribution is 2.46. The first kappa shape index (κ1) is 29.1. The van der Waals surface area contributed by atoms with Crippen LogP contribution < -0.4 is 0 Å². The van der Waals surface area contributed by atoms with Gasteiger partial charge in [0, 0.05) is 53.0 Å². The van der Waals surface area contributed by atoms with Gasteiger partial charge >= 0.3 is 0 Å². The van der Waals surface area contributed by atoms with E-state index in [1.807, 2.05) is 11.3 Å². The number of rotatable bonds is 4. The molecule has 3 nitrogen and oxygen atoms in total. The van der Waals surface area contributed by atoms with Crippen LogP contribution in [0.4, 0.5) is 0 Å². The summed E-state index contributed by atoms with van der Waals surface area (Å²) in [7, 11) is 0. The van der Waals surface area contributed by atoms with E-state index in [4.69, 9.17) is 9.97 Å². The third-order valence-corrected chi connectivity index (χ3v) is 11.6. The summed E-state index contributed by atoms with van der Waals surface area (Å²) in [6, 6.07) is 63.0. The zero-order chi connectivity index (χ0) is 34.2. The molecule has 8 aromatic carbocycles. The SMILES string of the molecule is c1ccc(-c2ccc3c(c2)c2cccc(-c4cccc5c4sc4ccc6ccccc6c45)c2n3-c2nc(-c3ccccc3)c3ccccc3n2)cc1. The highest BCUT2D eigenvalue weighted by atomic mass is 32.1. The van der Waals surface area contributed by atoms with Gasteiger partial charge in [0.05, 0.1) is 22.2 Å². The van der Waals surface area contributed by atoms with Crippen molar-refractivity contribution in [3.8, 4) is 39.5 Å². The van der Waals surface area contributed by atoms with Gasteiger partial charge in [-0.15, -0.1) is 11.3 Å². The van der Waals surface area contributed by atoms with Crippen LogP contribution >= 0.6 is 11.3 Å². The number of thiophene rings is 1. The molecule has 0 aliphatic rings. The molecule has 0 saturated heterocycles. The first-order chi connectivity index (χ1) is 25.8. The van der Waals surface area contributed by atoms with E-state index < -0.39 is 0 Å². The standard InChI is InChI=1S/C48H29N3S/c1-3-13-30(14-4-1)33-25-27-42-40(29-33)36-21-11-20-35(37-22-12-23-39-44-34-18-8-7-15-31(34)26-28-43(44)52-47(37)39)46(36)51(42)48-49-41-24-10-9-19-38(41)45(50-48)32-16-5-2-6-17-32/h1-29H. The lowest BCUT2D eigenvalue weighted by Gasteiger charge is -2.14. The maximum absolute atomic E-state index is 5.41. The van der Waals surface area contributed by atoms with Gasteiger partial charge in [0.1, 0.15) is 0 Å².